The van der Waals surface area contributed by atoms with Crippen LogP contribution in [-0.4, -0.2) is 0 Å². The van der Waals surface area contributed by atoms with Crippen LogP contribution in [0.25, 0.3) is 120 Å². The van der Waals surface area contributed by atoms with Crippen LogP contribution in [0.15, 0.2) is 210 Å². The number of hydrogen-bond donors (Lipinski definition) is 0. The fourth-order valence-electron chi connectivity index (χ4n) is 7.09. The average Bonchev–Trinajstić information content (AvgIpc) is 1.64. The lowest BCUT2D eigenvalue weighted by atomic mass is 9.84. The van der Waals surface area contributed by atoms with Crippen molar-refractivity contribution >= 4 is 75.8 Å². The van der Waals surface area contributed by atoms with Crippen LogP contribution >= 0.6 is 0 Å². The van der Waals surface area contributed by atoms with E-state index in [4.69, 9.17) is 31.8 Å². The molecule has 1 heteroatoms. The van der Waals surface area contributed by atoms with E-state index in [9.17, 15) is 19.2 Å². The van der Waals surface area contributed by atoms with Gasteiger partial charge in [-0.3, -0.25) is 0 Å². The molecule has 0 spiro atoms. The zero-order valence-corrected chi connectivity index (χ0v) is 28.4. The van der Waals surface area contributed by atoms with Crippen LogP contribution in [0.1, 0.15) is 46.6 Å². The highest BCUT2D eigenvalue weighted by Gasteiger charge is 2.21. The summed E-state index contributed by atoms with van der Waals surface area (Å²) in [4.78, 5) is 0. The second kappa shape index (κ2) is 12.5. The molecule has 0 N–H and O–H groups in total. The Morgan fingerprint density at radius 3 is 1.58 bits per heavy atom. The molecule has 12 rings (SSSR count). The van der Waals surface area contributed by atoms with Gasteiger partial charge in [0.1, 0.15) is 11.2 Å². The molecule has 0 amide bonds. The van der Waals surface area contributed by atoms with Gasteiger partial charge in [0, 0.05) is 16.2 Å². The van der Waals surface area contributed by atoms with Crippen molar-refractivity contribution < 1.29 is 51.0 Å². The second-order valence-electron chi connectivity index (χ2n) is 12.5. The molecule has 0 unspecified atom stereocenters. The lowest BCUT2D eigenvalue weighted by Gasteiger charge is -2.18. The summed E-state index contributed by atoms with van der Waals surface area (Å²) >= 11 is 0. The van der Waals surface area contributed by atoms with Crippen LogP contribution in [0, 0.1) is 0 Å². The summed E-state index contributed by atoms with van der Waals surface area (Å²) in [6, 6.07) is -34.0. The first-order valence-electron chi connectivity index (χ1n) is 33.9. The Bertz CT molecular complexity index is 5460. The smallest absolute Gasteiger partial charge is 0.143 e. The van der Waals surface area contributed by atoms with Gasteiger partial charge in [0.2, 0.25) is 0 Å². The Kier molecular flexibility index (Phi) is 2.87. The molecule has 0 atom stereocenters. The molecule has 1 aromatic heterocycles. The number of fused-ring (bicyclic) bond motifs is 10. The minimum absolute atomic E-state index is 0.499. The number of hydrogen-bond acceptors (Lipinski definition) is 1. The maximum absolute atomic E-state index is 9.82. The maximum Gasteiger partial charge on any atom is 0.143 e. The summed E-state index contributed by atoms with van der Waals surface area (Å²) in [5, 5.41) is -7.99. The van der Waals surface area contributed by atoms with Crippen molar-refractivity contribution in [3.8, 4) is 44.5 Å². The standard InChI is InChI=1S/C56H34O/c1-3-17-42-36(12-1)28-31-38-14-10-23-43(52(38)42)41-16-9-15-40(34-41)35-26-29-39(30-27-35)53-45-19-5-7-21-47(45)54(48-22-8-6-20-46(48)53)49-24-11-25-51-55(49)50-33-32-37-13-2-4-18-44(37)56(50)57-51/h1-34H/i1D,2D,3D,4D,5D,6D,7D,8D,9D,10D,11D,12D,13D,14D,15D,16D,17D,18D,19D,20D,21D,22D,23D,24D,25D,26D,27D,28D,29D,30D,31D,32D,33D,34D. The maximum atomic E-state index is 9.82. The highest BCUT2D eigenvalue weighted by molar-refractivity contribution is 6.27. The molecule has 0 aliphatic carbocycles. The fourth-order valence-corrected chi connectivity index (χ4v) is 7.09. The molecule has 0 saturated heterocycles. The zero-order chi connectivity index (χ0) is 67.0. The molecule has 0 fully saturated rings. The van der Waals surface area contributed by atoms with E-state index in [0.717, 1.165) is 0 Å². The average molecular weight is 757 g/mol. The Morgan fingerprint density at radius 1 is 0.298 bits per heavy atom. The Morgan fingerprint density at radius 2 is 0.825 bits per heavy atom. The predicted molar refractivity (Wildman–Crippen MR) is 243 cm³/mol. The van der Waals surface area contributed by atoms with Gasteiger partial charge in [-0.2, -0.15) is 0 Å². The van der Waals surface area contributed by atoms with Crippen LogP contribution in [0.5, 0.6) is 0 Å². The van der Waals surface area contributed by atoms with Crippen LogP contribution in [0.3, 0.4) is 0 Å². The van der Waals surface area contributed by atoms with E-state index in [-0.39, 0.29) is 0 Å². The van der Waals surface area contributed by atoms with Gasteiger partial charge in [0.05, 0.1) is 46.6 Å². The minimum atomic E-state index is -1.23. The van der Waals surface area contributed by atoms with Gasteiger partial charge in [-0.15, -0.1) is 0 Å². The third-order valence-electron chi connectivity index (χ3n) is 9.50. The van der Waals surface area contributed by atoms with Crippen LogP contribution in [0.4, 0.5) is 0 Å². The number of furan rings is 1. The van der Waals surface area contributed by atoms with Crippen molar-refractivity contribution in [2.45, 2.75) is 0 Å². The highest BCUT2D eigenvalue weighted by atomic mass is 16.3. The van der Waals surface area contributed by atoms with Gasteiger partial charge in [-0.05, 0) is 111 Å². The molecule has 0 aliphatic rings. The molecule has 12 aromatic rings. The van der Waals surface area contributed by atoms with Gasteiger partial charge in [-0.25, -0.2) is 0 Å². The van der Waals surface area contributed by atoms with E-state index in [1.807, 2.05) is 0 Å². The largest absolute Gasteiger partial charge is 0.455 e. The van der Waals surface area contributed by atoms with Crippen LogP contribution in [0.2, 0.25) is 0 Å². The first-order chi connectivity index (χ1) is 42.4. The summed E-state index contributed by atoms with van der Waals surface area (Å²) in [7, 11) is 0. The lowest BCUT2D eigenvalue weighted by Crippen LogP contribution is -1.91. The van der Waals surface area contributed by atoms with Gasteiger partial charge in [0.25, 0.3) is 0 Å². The molecule has 0 aliphatic heterocycles. The molecule has 0 bridgehead atoms. The summed E-state index contributed by atoms with van der Waals surface area (Å²) in [5.41, 5.74) is -8.36. The van der Waals surface area contributed by atoms with E-state index in [0.29, 0.717) is 0 Å². The van der Waals surface area contributed by atoms with Crippen LogP contribution < -0.4 is 0 Å². The Balaban J connectivity index is 1.27. The van der Waals surface area contributed by atoms with Crippen molar-refractivity contribution in [1.82, 2.24) is 0 Å². The summed E-state index contributed by atoms with van der Waals surface area (Å²) < 4.78 is 317. The quantitative estimate of drug-likeness (QED) is 0.129. The highest BCUT2D eigenvalue weighted by Crippen LogP contribution is 2.48. The third-order valence-corrected chi connectivity index (χ3v) is 9.50. The number of rotatable bonds is 4. The fraction of sp³-hybridized carbons (Fsp3) is 0. The van der Waals surface area contributed by atoms with E-state index < -0.39 is 326 Å². The van der Waals surface area contributed by atoms with Gasteiger partial charge >= 0.3 is 0 Å². The molecular weight excluding hydrogens is 689 g/mol. The molecule has 0 saturated carbocycles. The van der Waals surface area contributed by atoms with Crippen molar-refractivity contribution in [1.29, 1.82) is 0 Å². The minimum Gasteiger partial charge on any atom is -0.455 e. The number of benzene rings is 11. The molecule has 264 valence electrons. The molecule has 1 nitrogen and oxygen atoms in total. The van der Waals surface area contributed by atoms with Gasteiger partial charge in [0.15, 0.2) is 0 Å². The summed E-state index contributed by atoms with van der Waals surface area (Å²) in [5.74, 6) is 0. The van der Waals surface area contributed by atoms with E-state index in [1.165, 1.54) is 0 Å². The van der Waals surface area contributed by atoms with Crippen molar-refractivity contribution in [2.75, 3.05) is 0 Å². The predicted octanol–water partition coefficient (Wildman–Crippen LogP) is 16.0. The van der Waals surface area contributed by atoms with Gasteiger partial charge < -0.3 is 4.42 Å². The molecule has 11 aromatic carbocycles. The summed E-state index contributed by atoms with van der Waals surface area (Å²) in [6.45, 7) is 0. The van der Waals surface area contributed by atoms with E-state index in [1.54, 1.807) is 0 Å². The van der Waals surface area contributed by atoms with Crippen molar-refractivity contribution in [3.63, 3.8) is 0 Å². The second-order valence-corrected chi connectivity index (χ2v) is 12.5. The van der Waals surface area contributed by atoms with E-state index in [2.05, 4.69) is 0 Å². The van der Waals surface area contributed by atoms with E-state index >= 15 is 0 Å². The van der Waals surface area contributed by atoms with Crippen LogP contribution in [-0.2, 0) is 0 Å². The zero-order valence-electron chi connectivity index (χ0n) is 62.4. The SMILES string of the molecule is [2H]c1c([2H])c(-c2c([2H])c([2H])c(-c3c4c([2H])c([2H])c([2H])c([2H])c4c(-c4c([2H])c([2H])c([2H])c5oc6c7c([2H])c([2H])c([2H])c([2H])c7c([2H])c([2H])c6c45)c4c([2H])c([2H])c([2H])c([2H])c34)c([2H])c2[2H])c([2H])c(-c2c([2H])c([2H])c([2H])c3c([2H])c([2H])c4c([2H])c([2H])c([2H])c([2H])c4c23)c1[2H]. The van der Waals surface area contributed by atoms with Crippen molar-refractivity contribution in [3.05, 3.63) is 205 Å². The van der Waals surface area contributed by atoms with Gasteiger partial charge in [-0.1, -0.05) is 187 Å². The first-order valence-corrected chi connectivity index (χ1v) is 16.9. The van der Waals surface area contributed by atoms with Crippen molar-refractivity contribution in [2.24, 2.45) is 0 Å². The Labute approximate surface area is 377 Å². The lowest BCUT2D eigenvalue weighted by molar-refractivity contribution is 0.673. The topological polar surface area (TPSA) is 13.1 Å². The molecular formula is C56H34O. The third kappa shape index (κ3) is 4.89. The molecule has 0 radical (unpaired) electrons. The Hall–Kier alpha value is -7.48. The first kappa shape index (κ1) is 13.0. The molecule has 1 heterocycles. The molecule has 57 heavy (non-hydrogen) atoms. The normalized spacial score (nSPS) is 20.2. The monoisotopic (exact) mass is 756 g/mol. The summed E-state index contributed by atoms with van der Waals surface area (Å²) in [6.07, 6.45) is 0.